The van der Waals surface area contributed by atoms with Gasteiger partial charge in [-0.15, -0.1) is 0 Å². The fourth-order valence-corrected chi connectivity index (χ4v) is 2.36. The first kappa shape index (κ1) is 14.8. The van der Waals surface area contributed by atoms with Gasteiger partial charge in [-0.05, 0) is 37.3 Å². The Kier molecular flexibility index (Phi) is 3.57. The van der Waals surface area contributed by atoms with Gasteiger partial charge >= 0.3 is 6.03 Å². The molecular formula is C17H15N3O3. The molecule has 0 radical (unpaired) electrons. The lowest BCUT2D eigenvalue weighted by molar-refractivity contribution is -0.122. The van der Waals surface area contributed by atoms with E-state index in [0.29, 0.717) is 11.4 Å². The zero-order chi connectivity index (χ0) is 16.6. The van der Waals surface area contributed by atoms with Crippen molar-refractivity contribution in [2.24, 2.45) is 7.05 Å². The van der Waals surface area contributed by atoms with Gasteiger partial charge in [-0.2, -0.15) is 0 Å². The predicted molar refractivity (Wildman–Crippen MR) is 85.6 cm³/mol. The van der Waals surface area contributed by atoms with E-state index in [0.717, 1.165) is 10.5 Å². The lowest BCUT2D eigenvalue weighted by Crippen LogP contribution is -2.54. The highest BCUT2D eigenvalue weighted by molar-refractivity contribution is 6.39. The lowest BCUT2D eigenvalue weighted by atomic mass is 10.1. The minimum Gasteiger partial charge on any atom is -0.351 e. The highest BCUT2D eigenvalue weighted by atomic mass is 16.2. The van der Waals surface area contributed by atoms with Crippen LogP contribution in [0.1, 0.15) is 11.3 Å². The Labute approximate surface area is 133 Å². The van der Waals surface area contributed by atoms with Crippen molar-refractivity contribution in [2.75, 3.05) is 4.90 Å². The molecule has 1 aliphatic heterocycles. The standard InChI is InChI=1S/C17H15N3O3/c1-11-5-7-12(8-6-11)20-16(22)14(15(21)18-17(20)23)10-13-4-3-9-19(13)2/h3-10H,1-2H3,(H,18,21,23). The molecule has 1 fully saturated rings. The fourth-order valence-electron chi connectivity index (χ4n) is 2.36. The van der Waals surface area contributed by atoms with Crippen LogP contribution in [0.15, 0.2) is 48.2 Å². The summed E-state index contributed by atoms with van der Waals surface area (Å²) in [6.07, 6.45) is 3.28. The maximum absolute atomic E-state index is 12.6. The first-order valence-electron chi connectivity index (χ1n) is 7.07. The summed E-state index contributed by atoms with van der Waals surface area (Å²) in [6.45, 7) is 1.91. The summed E-state index contributed by atoms with van der Waals surface area (Å²) >= 11 is 0. The highest BCUT2D eigenvalue weighted by Gasteiger charge is 2.36. The van der Waals surface area contributed by atoms with Gasteiger partial charge in [0.05, 0.1) is 5.69 Å². The number of hydrogen-bond donors (Lipinski definition) is 1. The van der Waals surface area contributed by atoms with Crippen molar-refractivity contribution in [3.8, 4) is 0 Å². The summed E-state index contributed by atoms with van der Waals surface area (Å²) in [5.74, 6) is -1.33. The van der Waals surface area contributed by atoms with Gasteiger partial charge in [0, 0.05) is 18.9 Å². The number of aromatic nitrogens is 1. The number of barbiturate groups is 1. The normalized spacial score (nSPS) is 16.9. The van der Waals surface area contributed by atoms with Gasteiger partial charge in [0.25, 0.3) is 11.8 Å². The van der Waals surface area contributed by atoms with Crippen LogP contribution in [0.5, 0.6) is 0 Å². The van der Waals surface area contributed by atoms with Crippen LogP contribution in [0.2, 0.25) is 0 Å². The van der Waals surface area contributed by atoms with E-state index < -0.39 is 17.8 Å². The zero-order valence-corrected chi connectivity index (χ0v) is 12.7. The Morgan fingerprint density at radius 3 is 2.35 bits per heavy atom. The van der Waals surface area contributed by atoms with Crippen LogP contribution in [0.25, 0.3) is 6.08 Å². The Balaban J connectivity index is 2.02. The second-order valence-electron chi connectivity index (χ2n) is 5.34. The summed E-state index contributed by atoms with van der Waals surface area (Å²) in [4.78, 5) is 37.7. The smallest absolute Gasteiger partial charge is 0.335 e. The third kappa shape index (κ3) is 2.66. The summed E-state index contributed by atoms with van der Waals surface area (Å²) in [7, 11) is 1.81. The molecule has 0 atom stereocenters. The molecule has 0 unspecified atom stereocenters. The molecule has 1 N–H and O–H groups in total. The monoisotopic (exact) mass is 309 g/mol. The van der Waals surface area contributed by atoms with Gasteiger partial charge in [0.1, 0.15) is 5.57 Å². The van der Waals surface area contributed by atoms with Crippen LogP contribution >= 0.6 is 0 Å². The Morgan fingerprint density at radius 1 is 1.04 bits per heavy atom. The fraction of sp³-hybridized carbons (Fsp3) is 0.118. The molecule has 23 heavy (non-hydrogen) atoms. The number of hydrogen-bond acceptors (Lipinski definition) is 3. The maximum atomic E-state index is 12.6. The highest BCUT2D eigenvalue weighted by Crippen LogP contribution is 2.22. The number of urea groups is 1. The average Bonchev–Trinajstić information content (AvgIpc) is 2.90. The molecule has 4 amide bonds. The maximum Gasteiger partial charge on any atom is 0.335 e. The van der Waals surface area contributed by atoms with E-state index in [9.17, 15) is 14.4 Å². The first-order valence-corrected chi connectivity index (χ1v) is 7.07. The van der Waals surface area contributed by atoms with Crippen molar-refractivity contribution in [2.45, 2.75) is 6.92 Å². The molecule has 0 saturated carbocycles. The van der Waals surface area contributed by atoms with Crippen molar-refractivity contribution in [1.82, 2.24) is 9.88 Å². The van der Waals surface area contributed by atoms with Crippen LogP contribution in [0, 0.1) is 6.92 Å². The molecule has 2 aromatic rings. The molecule has 1 saturated heterocycles. The predicted octanol–water partition coefficient (Wildman–Crippen LogP) is 2.00. The summed E-state index contributed by atoms with van der Waals surface area (Å²) < 4.78 is 1.78. The van der Waals surface area contributed by atoms with Crippen LogP contribution in [-0.2, 0) is 16.6 Å². The molecule has 6 heteroatoms. The van der Waals surface area contributed by atoms with E-state index in [1.54, 1.807) is 54.2 Å². The number of carbonyl (C=O) groups is 3. The molecule has 0 spiro atoms. The van der Waals surface area contributed by atoms with E-state index >= 15 is 0 Å². The lowest BCUT2D eigenvalue weighted by Gasteiger charge is -2.26. The van der Waals surface area contributed by atoms with Gasteiger partial charge in [-0.1, -0.05) is 17.7 Å². The third-order valence-corrected chi connectivity index (χ3v) is 3.67. The molecule has 3 rings (SSSR count). The molecule has 0 aliphatic carbocycles. The molecule has 1 aromatic heterocycles. The molecule has 116 valence electrons. The van der Waals surface area contributed by atoms with Gasteiger partial charge < -0.3 is 4.57 Å². The Morgan fingerprint density at radius 2 is 1.74 bits per heavy atom. The van der Waals surface area contributed by atoms with E-state index in [2.05, 4.69) is 5.32 Å². The van der Waals surface area contributed by atoms with Crippen LogP contribution < -0.4 is 10.2 Å². The molecule has 1 aliphatic rings. The van der Waals surface area contributed by atoms with E-state index in [1.807, 2.05) is 6.92 Å². The van der Waals surface area contributed by atoms with Gasteiger partial charge in [0.2, 0.25) is 0 Å². The summed E-state index contributed by atoms with van der Waals surface area (Å²) in [5, 5.41) is 2.20. The van der Waals surface area contributed by atoms with Gasteiger partial charge in [-0.25, -0.2) is 9.69 Å². The van der Waals surface area contributed by atoms with Gasteiger partial charge in [-0.3, -0.25) is 14.9 Å². The number of anilines is 1. The molecule has 6 nitrogen and oxygen atoms in total. The average molecular weight is 309 g/mol. The number of aryl methyl sites for hydroxylation is 2. The largest absolute Gasteiger partial charge is 0.351 e. The number of nitrogens with one attached hydrogen (secondary N) is 1. The third-order valence-electron chi connectivity index (χ3n) is 3.67. The second kappa shape index (κ2) is 5.57. The van der Waals surface area contributed by atoms with Crippen molar-refractivity contribution in [3.63, 3.8) is 0 Å². The minimum atomic E-state index is -0.743. The Bertz CT molecular complexity index is 831. The number of amides is 4. The first-order chi connectivity index (χ1) is 11.0. The quantitative estimate of drug-likeness (QED) is 0.681. The number of benzene rings is 1. The van der Waals surface area contributed by atoms with Gasteiger partial charge in [0.15, 0.2) is 0 Å². The van der Waals surface area contributed by atoms with Crippen molar-refractivity contribution in [1.29, 1.82) is 0 Å². The van der Waals surface area contributed by atoms with Crippen LogP contribution in [0.3, 0.4) is 0 Å². The minimum absolute atomic E-state index is 0.0769. The van der Waals surface area contributed by atoms with Crippen molar-refractivity contribution < 1.29 is 14.4 Å². The van der Waals surface area contributed by atoms with E-state index in [1.165, 1.54) is 6.08 Å². The molecule has 1 aromatic carbocycles. The topological polar surface area (TPSA) is 71.4 Å². The van der Waals surface area contributed by atoms with Crippen LogP contribution in [-0.4, -0.2) is 22.4 Å². The van der Waals surface area contributed by atoms with E-state index in [4.69, 9.17) is 0 Å². The van der Waals surface area contributed by atoms with Crippen molar-refractivity contribution >= 4 is 29.6 Å². The van der Waals surface area contributed by atoms with Crippen LogP contribution in [0.4, 0.5) is 10.5 Å². The summed E-state index contributed by atoms with van der Waals surface area (Å²) in [5.41, 5.74) is 2.05. The zero-order valence-electron chi connectivity index (χ0n) is 12.7. The number of rotatable bonds is 2. The molecule has 0 bridgehead atoms. The number of imide groups is 2. The second-order valence-corrected chi connectivity index (χ2v) is 5.34. The van der Waals surface area contributed by atoms with Crippen molar-refractivity contribution in [3.05, 3.63) is 59.4 Å². The number of carbonyl (C=O) groups excluding carboxylic acids is 3. The number of nitrogens with zero attached hydrogens (tertiary/aromatic N) is 2. The Hall–Kier alpha value is -3.15. The van der Waals surface area contributed by atoms with E-state index in [-0.39, 0.29) is 5.57 Å². The molecule has 2 heterocycles. The molecular weight excluding hydrogens is 294 g/mol. The summed E-state index contributed by atoms with van der Waals surface area (Å²) in [6, 6.07) is 9.78. The SMILES string of the molecule is Cc1ccc(N2C(=O)NC(=O)C(=Cc3cccn3C)C2=O)cc1.